The van der Waals surface area contributed by atoms with Crippen LogP contribution in [0.5, 0.6) is 0 Å². The average molecular weight is 425 g/mol. The predicted molar refractivity (Wildman–Crippen MR) is 112 cm³/mol. The van der Waals surface area contributed by atoms with E-state index in [1.165, 1.54) is 0 Å². The summed E-state index contributed by atoms with van der Waals surface area (Å²) in [6, 6.07) is 17.6. The number of nitrogens with one attached hydrogen (secondary N) is 1. The Hall–Kier alpha value is -3.49. The maximum atomic E-state index is 12.5. The second-order valence-electron chi connectivity index (χ2n) is 6.98. The molecule has 0 fully saturated rings. The molecule has 5 heteroatoms. The first-order valence-corrected chi connectivity index (χ1v) is 9.51. The van der Waals surface area contributed by atoms with Crippen LogP contribution in [0, 0.1) is 11.3 Å². The van der Waals surface area contributed by atoms with Crippen molar-refractivity contribution < 1.29 is 9.59 Å². The lowest BCUT2D eigenvalue weighted by Crippen LogP contribution is -2.34. The van der Waals surface area contributed by atoms with Gasteiger partial charge in [-0.3, -0.25) is 14.9 Å². The Labute approximate surface area is 166 Å². The van der Waals surface area contributed by atoms with E-state index < -0.39 is 11.8 Å². The summed E-state index contributed by atoms with van der Waals surface area (Å²) in [6.07, 6.45) is 0. The van der Waals surface area contributed by atoms with Crippen LogP contribution in [0.2, 0.25) is 0 Å². The van der Waals surface area contributed by atoms with E-state index in [-0.39, 0.29) is 0 Å². The molecule has 0 aliphatic carbocycles. The van der Waals surface area contributed by atoms with Gasteiger partial charge in [-0.2, -0.15) is 5.26 Å². The number of nitrogens with zero attached hydrogens (tertiary/aromatic N) is 1. The maximum absolute atomic E-state index is 12.5. The highest BCUT2D eigenvalue weighted by Crippen LogP contribution is 2.46. The normalized spacial score (nSPS) is 13.6. The molecule has 1 aliphatic heterocycles. The molecule has 0 unspecified atom stereocenters. The Morgan fingerprint density at radius 1 is 0.786 bits per heavy atom. The summed E-state index contributed by atoms with van der Waals surface area (Å²) in [5.74, 6) is -0.871. The number of carbonyl (C=O) groups is 2. The SMILES string of the molecule is N#Cc1cc2c3c(ccc4c5c(Br)ccc6cccc(c1c34)c65)C(=O)NC2=O. The molecule has 28 heavy (non-hydrogen) atoms. The summed E-state index contributed by atoms with van der Waals surface area (Å²) >= 11 is 3.68. The van der Waals surface area contributed by atoms with E-state index in [0.717, 1.165) is 42.2 Å². The molecular formula is C23H9BrN2O2. The summed E-state index contributed by atoms with van der Waals surface area (Å²) in [4.78, 5) is 25.0. The Morgan fingerprint density at radius 2 is 1.57 bits per heavy atom. The number of carbonyl (C=O) groups excluding carboxylic acids is 2. The molecule has 0 spiro atoms. The highest BCUT2D eigenvalue weighted by molar-refractivity contribution is 9.10. The van der Waals surface area contributed by atoms with E-state index in [1.807, 2.05) is 36.4 Å². The quantitative estimate of drug-likeness (QED) is 0.209. The van der Waals surface area contributed by atoms with Crippen LogP contribution < -0.4 is 5.32 Å². The van der Waals surface area contributed by atoms with Gasteiger partial charge in [-0.1, -0.05) is 46.3 Å². The lowest BCUT2D eigenvalue weighted by Gasteiger charge is -2.22. The van der Waals surface area contributed by atoms with Crippen molar-refractivity contribution in [1.82, 2.24) is 5.32 Å². The van der Waals surface area contributed by atoms with Gasteiger partial charge < -0.3 is 0 Å². The molecule has 5 aromatic rings. The molecule has 0 aromatic heterocycles. The summed E-state index contributed by atoms with van der Waals surface area (Å²) in [5, 5.41) is 19.5. The van der Waals surface area contributed by atoms with Crippen molar-refractivity contribution in [3.05, 3.63) is 69.7 Å². The lowest BCUT2D eigenvalue weighted by molar-refractivity contribution is 0.0845. The number of hydrogen-bond acceptors (Lipinski definition) is 3. The number of amides is 2. The summed E-state index contributed by atoms with van der Waals surface area (Å²) in [6.45, 7) is 0. The van der Waals surface area contributed by atoms with Crippen LogP contribution in [0.4, 0.5) is 0 Å². The van der Waals surface area contributed by atoms with Crippen LogP contribution in [0.25, 0.3) is 43.1 Å². The van der Waals surface area contributed by atoms with Gasteiger partial charge in [-0.15, -0.1) is 0 Å². The van der Waals surface area contributed by atoms with Crippen LogP contribution >= 0.6 is 15.9 Å². The molecular weight excluding hydrogens is 416 g/mol. The van der Waals surface area contributed by atoms with Gasteiger partial charge in [0.1, 0.15) is 0 Å². The van der Waals surface area contributed by atoms with Gasteiger partial charge in [0, 0.05) is 37.1 Å². The zero-order valence-corrected chi connectivity index (χ0v) is 15.8. The Morgan fingerprint density at radius 3 is 2.39 bits per heavy atom. The van der Waals surface area contributed by atoms with Crippen LogP contribution in [-0.4, -0.2) is 11.8 Å². The van der Waals surface area contributed by atoms with E-state index in [9.17, 15) is 14.9 Å². The maximum Gasteiger partial charge on any atom is 0.258 e. The van der Waals surface area contributed by atoms with Crippen LogP contribution in [-0.2, 0) is 0 Å². The first kappa shape index (κ1) is 15.6. The topological polar surface area (TPSA) is 70.0 Å². The van der Waals surface area contributed by atoms with Crippen molar-refractivity contribution >= 4 is 70.8 Å². The van der Waals surface area contributed by atoms with Gasteiger partial charge in [0.05, 0.1) is 11.6 Å². The second-order valence-corrected chi connectivity index (χ2v) is 7.83. The van der Waals surface area contributed by atoms with Crippen molar-refractivity contribution in [1.29, 1.82) is 5.26 Å². The Kier molecular flexibility index (Phi) is 2.81. The van der Waals surface area contributed by atoms with E-state index in [0.29, 0.717) is 22.1 Å². The molecule has 0 radical (unpaired) electrons. The van der Waals surface area contributed by atoms with Gasteiger partial charge in [0.15, 0.2) is 0 Å². The Bertz CT molecular complexity index is 1590. The summed E-state index contributed by atoms with van der Waals surface area (Å²) in [7, 11) is 0. The fourth-order valence-electron chi connectivity index (χ4n) is 4.57. The molecule has 1 heterocycles. The number of imide groups is 1. The van der Waals surface area contributed by atoms with Crippen LogP contribution in [0.1, 0.15) is 26.3 Å². The standard InChI is InChI=1S/C23H9BrN2O2/c24-16-7-4-10-2-1-3-12-17(10)20(16)13-5-6-14-19-15(23(28)26-22(14)27)8-11(9-25)18(12)21(13)19/h1-8H,(H,26,27,28). The Balaban J connectivity index is 2.09. The van der Waals surface area contributed by atoms with Crippen molar-refractivity contribution in [3.63, 3.8) is 0 Å². The third-order valence-corrected chi connectivity index (χ3v) is 6.31. The molecule has 0 bridgehead atoms. The molecule has 5 aromatic carbocycles. The van der Waals surface area contributed by atoms with E-state index >= 15 is 0 Å². The van der Waals surface area contributed by atoms with Gasteiger partial charge in [0.25, 0.3) is 11.8 Å². The average Bonchev–Trinajstić information content (AvgIpc) is 2.71. The molecule has 1 aliphatic rings. The molecule has 0 atom stereocenters. The van der Waals surface area contributed by atoms with Gasteiger partial charge in [-0.05, 0) is 39.7 Å². The number of benzene rings is 5. The molecule has 6 rings (SSSR count). The van der Waals surface area contributed by atoms with Crippen LogP contribution in [0.3, 0.4) is 0 Å². The minimum Gasteiger partial charge on any atom is -0.288 e. The smallest absolute Gasteiger partial charge is 0.258 e. The van der Waals surface area contributed by atoms with Crippen molar-refractivity contribution in [2.45, 2.75) is 0 Å². The second kappa shape index (κ2) is 5.06. The van der Waals surface area contributed by atoms with E-state index in [1.54, 1.807) is 12.1 Å². The third-order valence-electron chi connectivity index (χ3n) is 5.65. The third kappa shape index (κ3) is 1.69. The van der Waals surface area contributed by atoms with Crippen molar-refractivity contribution in [2.24, 2.45) is 0 Å². The van der Waals surface area contributed by atoms with Gasteiger partial charge in [-0.25, -0.2) is 0 Å². The summed E-state index contributed by atoms with van der Waals surface area (Å²) in [5.41, 5.74) is 1.26. The highest BCUT2D eigenvalue weighted by Gasteiger charge is 2.29. The molecule has 4 nitrogen and oxygen atoms in total. The fourth-order valence-corrected chi connectivity index (χ4v) is 5.12. The lowest BCUT2D eigenvalue weighted by atomic mass is 9.83. The minimum absolute atomic E-state index is 0.370. The molecule has 1 N–H and O–H groups in total. The number of rotatable bonds is 0. The zero-order chi connectivity index (χ0) is 19.2. The monoisotopic (exact) mass is 424 g/mol. The number of hydrogen-bond donors (Lipinski definition) is 1. The van der Waals surface area contributed by atoms with E-state index in [4.69, 9.17) is 0 Å². The first-order chi connectivity index (χ1) is 13.6. The molecule has 0 saturated carbocycles. The van der Waals surface area contributed by atoms with Crippen molar-refractivity contribution in [2.75, 3.05) is 0 Å². The number of fused-ring (bicyclic) bond motifs is 2. The molecule has 0 saturated heterocycles. The fraction of sp³-hybridized carbons (Fsp3) is 0. The first-order valence-electron chi connectivity index (χ1n) is 8.71. The minimum atomic E-state index is -0.464. The molecule has 2 amide bonds. The number of nitriles is 1. The van der Waals surface area contributed by atoms with Gasteiger partial charge >= 0.3 is 0 Å². The molecule has 130 valence electrons. The largest absolute Gasteiger partial charge is 0.288 e. The van der Waals surface area contributed by atoms with E-state index in [2.05, 4.69) is 27.3 Å². The number of halogens is 1. The summed E-state index contributed by atoms with van der Waals surface area (Å²) < 4.78 is 0.934. The zero-order valence-electron chi connectivity index (χ0n) is 14.3. The predicted octanol–water partition coefficient (Wildman–Crippen LogP) is 5.25. The highest BCUT2D eigenvalue weighted by atomic mass is 79.9. The van der Waals surface area contributed by atoms with Crippen LogP contribution in [0.15, 0.2) is 53.0 Å². The van der Waals surface area contributed by atoms with Gasteiger partial charge in [0.2, 0.25) is 0 Å². The van der Waals surface area contributed by atoms with Crippen molar-refractivity contribution in [3.8, 4) is 6.07 Å².